The van der Waals surface area contributed by atoms with Gasteiger partial charge < -0.3 is 0 Å². The van der Waals surface area contributed by atoms with Gasteiger partial charge in [0.2, 0.25) is 0 Å². The molecule has 2 aromatic carbocycles. The quantitative estimate of drug-likeness (QED) is 0.607. The number of nitrogens with zero attached hydrogens (tertiary/aromatic N) is 1. The van der Waals surface area contributed by atoms with E-state index in [0.29, 0.717) is 0 Å². The first-order valence-corrected chi connectivity index (χ1v) is 5.82. The predicted octanol–water partition coefficient (Wildman–Crippen LogP) is 4.56. The van der Waals surface area contributed by atoms with Crippen molar-refractivity contribution in [3.8, 4) is 11.1 Å². The highest BCUT2D eigenvalue weighted by atomic mass is 35.5. The summed E-state index contributed by atoms with van der Waals surface area (Å²) in [5, 5.41) is 1.88. The average Bonchev–Trinajstić information content (AvgIpc) is 2.39. The summed E-state index contributed by atoms with van der Waals surface area (Å²) in [4.78, 5) is 4.44. The van der Waals surface area contributed by atoms with Gasteiger partial charge in [0, 0.05) is 27.7 Å². The van der Waals surface area contributed by atoms with Crippen LogP contribution in [-0.4, -0.2) is 4.98 Å². The Hall–Kier alpha value is -1.86. The Kier molecular flexibility index (Phi) is 2.54. The zero-order valence-corrected chi connectivity index (χ0v) is 9.85. The molecule has 0 atom stereocenters. The Morgan fingerprint density at radius 1 is 0.882 bits per heavy atom. The fourth-order valence-corrected chi connectivity index (χ4v) is 2.16. The van der Waals surface area contributed by atoms with Crippen LogP contribution >= 0.6 is 11.6 Å². The largest absolute Gasteiger partial charge is 0.256 e. The van der Waals surface area contributed by atoms with E-state index in [2.05, 4.69) is 17.1 Å². The first kappa shape index (κ1) is 10.3. The molecule has 0 N–H and O–H groups in total. The summed E-state index contributed by atoms with van der Waals surface area (Å²) >= 11 is 6.18. The first-order valence-electron chi connectivity index (χ1n) is 5.44. The van der Waals surface area contributed by atoms with Crippen molar-refractivity contribution in [1.82, 2.24) is 4.98 Å². The van der Waals surface area contributed by atoms with E-state index in [-0.39, 0.29) is 0 Å². The molecule has 0 unspecified atom stereocenters. The molecular formula is C15H10ClN. The second kappa shape index (κ2) is 4.19. The molecule has 1 nitrogen and oxygen atoms in total. The van der Waals surface area contributed by atoms with Crippen molar-refractivity contribution in [3.05, 3.63) is 65.8 Å². The fourth-order valence-electron chi connectivity index (χ4n) is 1.91. The summed E-state index contributed by atoms with van der Waals surface area (Å²) in [5.74, 6) is 0. The molecule has 0 bridgehead atoms. The number of rotatable bonds is 1. The van der Waals surface area contributed by atoms with E-state index in [1.807, 2.05) is 48.7 Å². The normalized spacial score (nSPS) is 10.6. The van der Waals surface area contributed by atoms with Crippen molar-refractivity contribution >= 4 is 22.5 Å². The summed E-state index contributed by atoms with van der Waals surface area (Å²) in [6.07, 6.45) is 1.86. The smallest absolute Gasteiger partial charge is 0.0702 e. The lowest BCUT2D eigenvalue weighted by Gasteiger charge is -2.05. The molecule has 3 aromatic rings. The molecule has 17 heavy (non-hydrogen) atoms. The van der Waals surface area contributed by atoms with Gasteiger partial charge in [0.15, 0.2) is 0 Å². The Morgan fingerprint density at radius 2 is 1.65 bits per heavy atom. The van der Waals surface area contributed by atoms with E-state index in [0.717, 1.165) is 27.1 Å². The van der Waals surface area contributed by atoms with E-state index in [1.165, 1.54) is 0 Å². The molecule has 0 aliphatic rings. The highest BCUT2D eigenvalue weighted by molar-refractivity contribution is 6.33. The minimum Gasteiger partial charge on any atom is -0.256 e. The minimum atomic E-state index is 0.754. The highest BCUT2D eigenvalue weighted by Crippen LogP contribution is 2.28. The van der Waals surface area contributed by atoms with Gasteiger partial charge in [0.25, 0.3) is 0 Å². The van der Waals surface area contributed by atoms with Gasteiger partial charge in [-0.1, -0.05) is 48.0 Å². The van der Waals surface area contributed by atoms with E-state index in [9.17, 15) is 0 Å². The van der Waals surface area contributed by atoms with Gasteiger partial charge in [-0.15, -0.1) is 0 Å². The first-order chi connectivity index (χ1) is 8.34. The molecule has 0 saturated carbocycles. The van der Waals surface area contributed by atoms with E-state index >= 15 is 0 Å². The third kappa shape index (κ3) is 1.90. The molecule has 0 aliphatic carbocycles. The van der Waals surface area contributed by atoms with Gasteiger partial charge in [-0.2, -0.15) is 0 Å². The number of hydrogen-bond donors (Lipinski definition) is 0. The average molecular weight is 240 g/mol. The van der Waals surface area contributed by atoms with E-state index < -0.39 is 0 Å². The molecule has 3 rings (SSSR count). The molecule has 1 aromatic heterocycles. The van der Waals surface area contributed by atoms with Crippen LogP contribution in [0.5, 0.6) is 0 Å². The number of aromatic nitrogens is 1. The van der Waals surface area contributed by atoms with Gasteiger partial charge in [0.05, 0.1) is 5.52 Å². The van der Waals surface area contributed by atoms with Crippen molar-refractivity contribution in [1.29, 1.82) is 0 Å². The van der Waals surface area contributed by atoms with Crippen molar-refractivity contribution in [2.75, 3.05) is 0 Å². The molecule has 0 amide bonds. The summed E-state index contributed by atoms with van der Waals surface area (Å²) in [6.45, 7) is 0. The van der Waals surface area contributed by atoms with Gasteiger partial charge >= 0.3 is 0 Å². The SMILES string of the molecule is Clc1ccccc1-c1cnc2ccccc2c1. The maximum absolute atomic E-state index is 6.18. The number of fused-ring (bicyclic) bond motifs is 1. The van der Waals surface area contributed by atoms with Crippen LogP contribution in [-0.2, 0) is 0 Å². The van der Waals surface area contributed by atoms with Crippen molar-refractivity contribution in [2.24, 2.45) is 0 Å². The molecule has 0 saturated heterocycles. The summed E-state index contributed by atoms with van der Waals surface area (Å²) < 4.78 is 0. The minimum absolute atomic E-state index is 0.754. The van der Waals surface area contributed by atoms with E-state index in [1.54, 1.807) is 0 Å². The predicted molar refractivity (Wildman–Crippen MR) is 72.2 cm³/mol. The fraction of sp³-hybridized carbons (Fsp3) is 0. The number of benzene rings is 2. The maximum atomic E-state index is 6.18. The number of pyridine rings is 1. The summed E-state index contributed by atoms with van der Waals surface area (Å²) in [7, 11) is 0. The van der Waals surface area contributed by atoms with Gasteiger partial charge in [-0.05, 0) is 18.2 Å². The van der Waals surface area contributed by atoms with Gasteiger partial charge in [-0.25, -0.2) is 0 Å². The topological polar surface area (TPSA) is 12.9 Å². The highest BCUT2D eigenvalue weighted by Gasteiger charge is 2.03. The molecule has 0 spiro atoms. The van der Waals surface area contributed by atoms with Crippen molar-refractivity contribution in [2.45, 2.75) is 0 Å². The van der Waals surface area contributed by atoms with Crippen LogP contribution in [0.1, 0.15) is 0 Å². The molecule has 0 aliphatic heterocycles. The lowest BCUT2D eigenvalue weighted by Crippen LogP contribution is -1.83. The van der Waals surface area contributed by atoms with Gasteiger partial charge in [0.1, 0.15) is 0 Å². The van der Waals surface area contributed by atoms with Crippen LogP contribution in [0, 0.1) is 0 Å². The molecule has 82 valence electrons. The second-order valence-electron chi connectivity index (χ2n) is 3.90. The molecule has 0 fully saturated rings. The lowest BCUT2D eigenvalue weighted by molar-refractivity contribution is 1.41. The van der Waals surface area contributed by atoms with Crippen LogP contribution < -0.4 is 0 Å². The van der Waals surface area contributed by atoms with Crippen LogP contribution in [0.25, 0.3) is 22.0 Å². The van der Waals surface area contributed by atoms with Crippen LogP contribution in [0.2, 0.25) is 5.02 Å². The monoisotopic (exact) mass is 239 g/mol. The number of halogens is 1. The Labute approximate surface area is 105 Å². The Balaban J connectivity index is 2.22. The van der Waals surface area contributed by atoms with Crippen molar-refractivity contribution in [3.63, 3.8) is 0 Å². The molecule has 1 heterocycles. The summed E-state index contributed by atoms with van der Waals surface area (Å²) in [6, 6.07) is 18.0. The van der Waals surface area contributed by atoms with E-state index in [4.69, 9.17) is 11.6 Å². The zero-order chi connectivity index (χ0) is 11.7. The lowest BCUT2D eigenvalue weighted by atomic mass is 10.1. The third-order valence-electron chi connectivity index (χ3n) is 2.78. The zero-order valence-electron chi connectivity index (χ0n) is 9.10. The molecular weight excluding hydrogens is 230 g/mol. The van der Waals surface area contributed by atoms with Crippen LogP contribution in [0.15, 0.2) is 60.8 Å². The molecule has 2 heteroatoms. The summed E-state index contributed by atoms with van der Waals surface area (Å²) in [5.41, 5.74) is 3.07. The second-order valence-corrected chi connectivity index (χ2v) is 4.30. The maximum Gasteiger partial charge on any atom is 0.0702 e. The van der Waals surface area contributed by atoms with Gasteiger partial charge in [-0.3, -0.25) is 4.98 Å². The number of hydrogen-bond acceptors (Lipinski definition) is 1. The standard InChI is InChI=1S/C15H10ClN/c16-14-7-3-2-6-13(14)12-9-11-5-1-4-8-15(11)17-10-12/h1-10H. The van der Waals surface area contributed by atoms with Crippen LogP contribution in [0.3, 0.4) is 0 Å². The Bertz CT molecular complexity index is 676. The van der Waals surface area contributed by atoms with Crippen LogP contribution in [0.4, 0.5) is 0 Å². The Morgan fingerprint density at radius 3 is 2.53 bits per heavy atom. The molecule has 0 radical (unpaired) electrons. The number of para-hydroxylation sites is 1. The van der Waals surface area contributed by atoms with Crippen molar-refractivity contribution < 1.29 is 0 Å². The third-order valence-corrected chi connectivity index (χ3v) is 3.10.